The molecular weight excluding hydrogens is 519 g/mol. The maximum Gasteiger partial charge on any atom is 1.00 e. The maximum atomic E-state index is 13.0. The van der Waals surface area contributed by atoms with Crippen LogP contribution in [0.25, 0.3) is 0 Å². The Morgan fingerprint density at radius 2 is 0.786 bits per heavy atom. The maximum absolute atomic E-state index is 13.0. The summed E-state index contributed by atoms with van der Waals surface area (Å²) in [5, 5.41) is -15.1. The molecule has 1 N–H and O–H groups in total. The van der Waals surface area contributed by atoms with Gasteiger partial charge in [-0.15, -0.1) is 0 Å². The van der Waals surface area contributed by atoms with E-state index in [1.165, 1.54) is 0 Å². The van der Waals surface area contributed by atoms with Crippen molar-refractivity contribution < 1.29 is 131 Å². The van der Waals surface area contributed by atoms with Crippen LogP contribution < -0.4 is 55.5 Å². The average Bonchev–Trinajstić information content (AvgIpc) is 2.33. The van der Waals surface area contributed by atoms with Gasteiger partial charge in [-0.1, -0.05) is 4.13 Å². The van der Waals surface area contributed by atoms with Crippen molar-refractivity contribution in [1.29, 1.82) is 0 Å². The van der Waals surface area contributed by atoms with E-state index in [0.29, 0.717) is 0 Å². The Hall–Kier alpha value is 0.516. The van der Waals surface area contributed by atoms with Gasteiger partial charge in [0, 0.05) is 0 Å². The summed E-state index contributed by atoms with van der Waals surface area (Å²) < 4.78 is 214. The Kier molecular flexibility index (Phi) is 8.65. The monoisotopic (exact) mass is 521 g/mol. The number of rotatable bonds is 6. The molecule has 0 aliphatic heterocycles. The van der Waals surface area contributed by atoms with Crippen LogP contribution in [0.5, 0.6) is 0 Å². The molecule has 0 fully saturated rings. The predicted molar refractivity (Wildman–Crippen MR) is 54.0 cm³/mol. The van der Waals surface area contributed by atoms with Crippen LogP contribution in [0.2, 0.25) is 0 Å². The van der Waals surface area contributed by atoms with Crippen LogP contribution in [0.4, 0.5) is 61.5 Å². The van der Waals surface area contributed by atoms with Gasteiger partial charge in [0.05, 0.1) is 0 Å². The molecule has 0 saturated carbocycles. The average molecular weight is 521 g/mol. The molecule has 0 rings (SSSR count). The van der Waals surface area contributed by atoms with Gasteiger partial charge in [0.2, 0.25) is 0 Å². The minimum Gasteiger partial charge on any atom is -1.00 e. The molecular formula is C6H2F14KNO4S2. The fraction of sp³-hybridized carbons (Fsp3) is 1.00. The Morgan fingerprint density at radius 1 is 0.500 bits per heavy atom. The standard InChI is InChI=1S/C6HF14NO4S2.K.H/c7-1(8,3(11,12)13)2(9,10)5(17,18)26(22,23)21-27(24,25)6(19,20)4(14,15)16;;/h21H;;/q;+1;-1. The van der Waals surface area contributed by atoms with Gasteiger partial charge in [0.1, 0.15) is 0 Å². The van der Waals surface area contributed by atoms with E-state index in [4.69, 9.17) is 0 Å². The van der Waals surface area contributed by atoms with Crippen molar-refractivity contribution in [1.82, 2.24) is 4.13 Å². The molecule has 28 heavy (non-hydrogen) atoms. The minimum absolute atomic E-state index is 0. The molecule has 0 heterocycles. The molecule has 5 nitrogen and oxygen atoms in total. The van der Waals surface area contributed by atoms with E-state index in [0.717, 1.165) is 0 Å². The molecule has 0 aliphatic rings. The van der Waals surface area contributed by atoms with E-state index in [1.807, 2.05) is 0 Å². The molecule has 0 spiro atoms. The van der Waals surface area contributed by atoms with E-state index in [-0.39, 0.29) is 52.8 Å². The van der Waals surface area contributed by atoms with Crippen molar-refractivity contribution in [2.24, 2.45) is 0 Å². The fourth-order valence-electron chi connectivity index (χ4n) is 0.931. The first-order chi connectivity index (χ1) is 11.2. The van der Waals surface area contributed by atoms with Crippen LogP contribution in [-0.4, -0.2) is 51.5 Å². The second kappa shape index (κ2) is 7.89. The molecule has 0 bridgehead atoms. The SMILES string of the molecule is O=S(=O)(NS(=O)(=O)C(F)(F)C(F)(F)C(F)(F)C(F)(F)F)C(F)(F)C(F)(F)F.[H-].[K+]. The van der Waals surface area contributed by atoms with E-state index >= 15 is 0 Å². The molecule has 0 aromatic heterocycles. The summed E-state index contributed by atoms with van der Waals surface area (Å²) in [6.45, 7) is 0. The number of hydrogen-bond donors (Lipinski definition) is 1. The second-order valence-electron chi connectivity index (χ2n) is 4.27. The normalized spacial score (nSPS) is 15.9. The number of sulfonamides is 2. The third-order valence-corrected chi connectivity index (χ3v) is 5.93. The topological polar surface area (TPSA) is 80.3 Å². The molecule has 0 aromatic carbocycles. The van der Waals surface area contributed by atoms with Crippen molar-refractivity contribution in [3.05, 3.63) is 0 Å². The molecule has 0 aromatic rings. The van der Waals surface area contributed by atoms with Crippen molar-refractivity contribution in [3.63, 3.8) is 0 Å². The van der Waals surface area contributed by atoms with Crippen molar-refractivity contribution in [2.75, 3.05) is 0 Å². The molecule has 0 saturated heterocycles. The molecule has 0 atom stereocenters. The summed E-state index contributed by atoms with van der Waals surface area (Å²) in [5.74, 6) is -15.9. The number of hydrogen-bond acceptors (Lipinski definition) is 4. The van der Waals surface area contributed by atoms with Gasteiger partial charge in [-0.05, 0) is 0 Å². The van der Waals surface area contributed by atoms with Gasteiger partial charge < -0.3 is 1.43 Å². The van der Waals surface area contributed by atoms with E-state index in [9.17, 15) is 78.3 Å². The first kappa shape index (κ1) is 30.7. The Bertz CT molecular complexity index is 788. The smallest absolute Gasteiger partial charge is 1.00 e. The first-order valence-electron chi connectivity index (χ1n) is 5.13. The second-order valence-corrected chi connectivity index (χ2v) is 7.97. The predicted octanol–water partition coefficient (Wildman–Crippen LogP) is -0.0671. The molecule has 166 valence electrons. The van der Waals surface area contributed by atoms with Crippen LogP contribution in [-0.2, 0) is 20.0 Å². The largest absolute Gasteiger partial charge is 1.00 e. The van der Waals surface area contributed by atoms with Gasteiger partial charge in [-0.25, -0.2) is 16.8 Å². The van der Waals surface area contributed by atoms with Crippen molar-refractivity contribution >= 4 is 20.0 Å². The van der Waals surface area contributed by atoms with E-state index in [1.54, 1.807) is 0 Å². The first-order valence-corrected chi connectivity index (χ1v) is 8.10. The zero-order valence-electron chi connectivity index (χ0n) is 13.2. The third kappa shape index (κ3) is 4.71. The van der Waals surface area contributed by atoms with Gasteiger partial charge >= 0.3 is 86.1 Å². The molecule has 0 aliphatic carbocycles. The van der Waals surface area contributed by atoms with Gasteiger partial charge in [-0.2, -0.15) is 61.5 Å². The molecule has 0 unspecified atom stereocenters. The van der Waals surface area contributed by atoms with Crippen LogP contribution in [0.15, 0.2) is 0 Å². The summed E-state index contributed by atoms with van der Waals surface area (Å²) in [6.07, 6.45) is -14.8. The van der Waals surface area contributed by atoms with Gasteiger partial charge in [0.15, 0.2) is 0 Å². The number of nitrogens with one attached hydrogen (secondary N) is 1. The van der Waals surface area contributed by atoms with Crippen LogP contribution in [0.3, 0.4) is 0 Å². The van der Waals surface area contributed by atoms with Crippen LogP contribution in [0, 0.1) is 0 Å². The third-order valence-electron chi connectivity index (χ3n) is 2.34. The quantitative estimate of drug-likeness (QED) is 0.393. The van der Waals surface area contributed by atoms with E-state index < -0.39 is 58.9 Å². The molecule has 0 radical (unpaired) electrons. The van der Waals surface area contributed by atoms with Crippen molar-refractivity contribution in [3.8, 4) is 0 Å². The molecule has 22 heteroatoms. The van der Waals surface area contributed by atoms with Gasteiger partial charge in [-0.3, -0.25) is 0 Å². The van der Waals surface area contributed by atoms with Crippen LogP contribution >= 0.6 is 0 Å². The Morgan fingerprint density at radius 3 is 1.04 bits per heavy atom. The van der Waals surface area contributed by atoms with Gasteiger partial charge in [0.25, 0.3) is 20.0 Å². The summed E-state index contributed by atoms with van der Waals surface area (Å²) in [4.78, 5) is 0. The number of alkyl halides is 14. The Balaban J connectivity index is -0.00000338. The van der Waals surface area contributed by atoms with Crippen LogP contribution in [0.1, 0.15) is 1.43 Å². The zero-order chi connectivity index (χ0) is 22.7. The number of halogens is 14. The fourth-order valence-corrected chi connectivity index (χ4v) is 3.69. The minimum atomic E-state index is -8.24. The summed E-state index contributed by atoms with van der Waals surface area (Å²) in [5.41, 5.74) is 0. The molecule has 0 amide bonds. The zero-order valence-corrected chi connectivity index (χ0v) is 17.0. The summed E-state index contributed by atoms with van der Waals surface area (Å²) >= 11 is 0. The summed E-state index contributed by atoms with van der Waals surface area (Å²) in [6, 6.07) is 0. The summed E-state index contributed by atoms with van der Waals surface area (Å²) in [7, 11) is -16.2. The Labute approximate surface area is 188 Å². The van der Waals surface area contributed by atoms with Crippen molar-refractivity contribution in [2.45, 2.75) is 34.7 Å². The van der Waals surface area contributed by atoms with E-state index in [2.05, 4.69) is 0 Å².